The van der Waals surface area contributed by atoms with Crippen LogP contribution in [0.15, 0.2) is 48.5 Å². The molecule has 0 unspecified atom stereocenters. The Labute approximate surface area is 206 Å². The number of amides is 3. The highest BCUT2D eigenvalue weighted by atomic mass is 19.1. The van der Waals surface area contributed by atoms with E-state index >= 15 is 0 Å². The fourth-order valence-corrected chi connectivity index (χ4v) is 4.60. The average Bonchev–Trinajstić information content (AvgIpc) is 2.83. The van der Waals surface area contributed by atoms with Crippen LogP contribution >= 0.6 is 0 Å². The summed E-state index contributed by atoms with van der Waals surface area (Å²) in [5.41, 5.74) is 1.88. The van der Waals surface area contributed by atoms with Crippen LogP contribution in [0.2, 0.25) is 0 Å². The van der Waals surface area contributed by atoms with Crippen molar-refractivity contribution in [2.75, 3.05) is 42.5 Å². The zero-order chi connectivity index (χ0) is 25.0. The molecule has 8 heteroatoms. The van der Waals surface area contributed by atoms with E-state index in [0.29, 0.717) is 50.7 Å². The van der Waals surface area contributed by atoms with Crippen molar-refractivity contribution in [1.82, 2.24) is 10.2 Å². The highest BCUT2D eigenvalue weighted by Gasteiger charge is 2.29. The number of piperidine rings is 1. The number of likely N-dealkylation sites (tertiary alicyclic amines) is 1. The topological polar surface area (TPSA) is 65.1 Å². The zero-order valence-electron chi connectivity index (χ0n) is 20.8. The van der Waals surface area contributed by atoms with E-state index in [4.69, 9.17) is 4.74 Å². The molecule has 1 fully saturated rings. The number of ether oxygens (including phenoxy) is 1. The summed E-state index contributed by atoms with van der Waals surface area (Å²) < 4.78 is 19.7. The molecular formula is C27H35FN4O3. The normalized spacial score (nSPS) is 16.6. The monoisotopic (exact) mass is 482 g/mol. The number of nitrogens with one attached hydrogen (secondary N) is 1. The van der Waals surface area contributed by atoms with Gasteiger partial charge in [-0.15, -0.1) is 0 Å². The number of anilines is 2. The van der Waals surface area contributed by atoms with E-state index < -0.39 is 5.60 Å². The van der Waals surface area contributed by atoms with Crippen molar-refractivity contribution in [3.63, 3.8) is 0 Å². The molecule has 0 bridgehead atoms. The number of carbonyl (C=O) groups is 2. The van der Waals surface area contributed by atoms with Crippen molar-refractivity contribution in [2.24, 2.45) is 5.92 Å². The van der Waals surface area contributed by atoms with Crippen LogP contribution in [0.5, 0.6) is 0 Å². The van der Waals surface area contributed by atoms with Crippen LogP contribution in [0.3, 0.4) is 0 Å². The molecule has 2 heterocycles. The lowest BCUT2D eigenvalue weighted by Gasteiger charge is -2.38. The number of urea groups is 1. The minimum atomic E-state index is -0.503. The Bertz CT molecular complexity index is 1050. The second-order valence-electron chi connectivity index (χ2n) is 10.3. The highest BCUT2D eigenvalue weighted by molar-refractivity contribution is 5.96. The molecule has 0 radical (unpaired) electrons. The first-order valence-electron chi connectivity index (χ1n) is 12.3. The lowest BCUT2D eigenvalue weighted by Crippen LogP contribution is -2.49. The predicted octanol–water partition coefficient (Wildman–Crippen LogP) is 5.01. The van der Waals surface area contributed by atoms with Gasteiger partial charge in [0.1, 0.15) is 11.4 Å². The summed E-state index contributed by atoms with van der Waals surface area (Å²) in [6, 6.07) is 14.4. The largest absolute Gasteiger partial charge is 0.444 e. The first-order valence-corrected chi connectivity index (χ1v) is 12.3. The molecule has 35 heavy (non-hydrogen) atoms. The van der Waals surface area contributed by atoms with Crippen molar-refractivity contribution in [2.45, 2.75) is 45.8 Å². The third kappa shape index (κ3) is 6.24. The first kappa shape index (κ1) is 24.8. The van der Waals surface area contributed by atoms with Crippen molar-refractivity contribution >= 4 is 23.5 Å². The molecule has 0 spiro atoms. The predicted molar refractivity (Wildman–Crippen MR) is 135 cm³/mol. The molecule has 2 aromatic rings. The van der Waals surface area contributed by atoms with Crippen molar-refractivity contribution in [3.8, 4) is 0 Å². The molecule has 0 aromatic heterocycles. The Morgan fingerprint density at radius 3 is 2.31 bits per heavy atom. The van der Waals surface area contributed by atoms with Crippen molar-refractivity contribution in [3.05, 3.63) is 59.9 Å². The average molecular weight is 483 g/mol. The van der Waals surface area contributed by atoms with Gasteiger partial charge >= 0.3 is 12.1 Å². The van der Waals surface area contributed by atoms with Gasteiger partial charge in [-0.2, -0.15) is 0 Å². The molecule has 0 saturated carbocycles. The van der Waals surface area contributed by atoms with Crippen LogP contribution < -0.4 is 15.1 Å². The molecule has 2 aliphatic rings. The summed E-state index contributed by atoms with van der Waals surface area (Å²) in [4.78, 5) is 31.0. The van der Waals surface area contributed by atoms with E-state index in [0.717, 1.165) is 24.2 Å². The Morgan fingerprint density at radius 2 is 1.63 bits per heavy atom. The molecule has 2 aromatic carbocycles. The molecule has 188 valence electrons. The molecule has 1 N–H and O–H groups in total. The number of carbonyl (C=O) groups excluding carboxylic acids is 2. The van der Waals surface area contributed by atoms with E-state index in [-0.39, 0.29) is 17.9 Å². The van der Waals surface area contributed by atoms with Crippen molar-refractivity contribution in [1.29, 1.82) is 0 Å². The van der Waals surface area contributed by atoms with Crippen LogP contribution in [0, 0.1) is 11.7 Å². The summed E-state index contributed by atoms with van der Waals surface area (Å²) >= 11 is 0. The Balaban J connectivity index is 1.32. The van der Waals surface area contributed by atoms with Gasteiger partial charge in [0, 0.05) is 44.8 Å². The molecular weight excluding hydrogens is 447 g/mol. The third-order valence-corrected chi connectivity index (χ3v) is 6.48. The van der Waals surface area contributed by atoms with Gasteiger partial charge in [-0.3, -0.25) is 4.90 Å². The minimum Gasteiger partial charge on any atom is -0.444 e. The second kappa shape index (κ2) is 10.5. The number of benzene rings is 2. The molecule has 3 amide bonds. The molecule has 1 saturated heterocycles. The summed E-state index contributed by atoms with van der Waals surface area (Å²) in [7, 11) is 0. The summed E-state index contributed by atoms with van der Waals surface area (Å²) in [5.74, 6) is 0.0955. The Hall–Kier alpha value is -3.29. The standard InChI is InChI=1S/C27H35FN4O3/c1-27(2,3)35-26(34)30-14-12-20(13-15-30)18-29-25(33)32-17-16-31(23-10-6-7-11-24(23)32)19-21-8-4-5-9-22(21)28/h4-11,20H,12-19H2,1-3H3,(H,29,33). The van der Waals surface area contributed by atoms with Gasteiger partial charge in [-0.05, 0) is 57.7 Å². The number of hydrogen-bond acceptors (Lipinski definition) is 4. The smallest absolute Gasteiger partial charge is 0.410 e. The lowest BCUT2D eigenvalue weighted by molar-refractivity contribution is 0.0184. The van der Waals surface area contributed by atoms with Gasteiger partial charge in [-0.1, -0.05) is 30.3 Å². The maximum Gasteiger partial charge on any atom is 0.410 e. The quantitative estimate of drug-likeness (QED) is 0.666. The molecule has 7 nitrogen and oxygen atoms in total. The van der Waals surface area contributed by atoms with E-state index in [1.165, 1.54) is 6.07 Å². The number of nitrogens with zero attached hydrogens (tertiary/aromatic N) is 3. The van der Waals surface area contributed by atoms with Crippen LogP contribution in [-0.4, -0.2) is 55.3 Å². The maximum absolute atomic E-state index is 14.2. The minimum absolute atomic E-state index is 0.127. The molecule has 2 aliphatic heterocycles. The zero-order valence-corrected chi connectivity index (χ0v) is 20.8. The van der Waals surface area contributed by atoms with E-state index in [2.05, 4.69) is 10.2 Å². The summed E-state index contributed by atoms with van der Waals surface area (Å²) in [6.07, 6.45) is 1.38. The first-order chi connectivity index (χ1) is 16.7. The number of halogens is 1. The summed E-state index contributed by atoms with van der Waals surface area (Å²) in [5, 5.41) is 3.09. The Kier molecular flexibility index (Phi) is 7.48. The van der Waals surface area contributed by atoms with Gasteiger partial charge in [0.15, 0.2) is 0 Å². The van der Waals surface area contributed by atoms with Crippen LogP contribution in [0.4, 0.5) is 25.4 Å². The molecule has 0 atom stereocenters. The van der Waals surface area contributed by atoms with E-state index in [1.54, 1.807) is 21.9 Å². The van der Waals surface area contributed by atoms with Gasteiger partial charge < -0.3 is 19.9 Å². The fourth-order valence-electron chi connectivity index (χ4n) is 4.60. The molecule has 4 rings (SSSR count). The molecule has 0 aliphatic carbocycles. The van der Waals surface area contributed by atoms with E-state index in [9.17, 15) is 14.0 Å². The van der Waals surface area contributed by atoms with Crippen LogP contribution in [0.25, 0.3) is 0 Å². The summed E-state index contributed by atoms with van der Waals surface area (Å²) in [6.45, 7) is 9.02. The number of rotatable bonds is 4. The number of fused-ring (bicyclic) bond motifs is 1. The van der Waals surface area contributed by atoms with Gasteiger partial charge in [0.05, 0.1) is 11.4 Å². The van der Waals surface area contributed by atoms with Gasteiger partial charge in [-0.25, -0.2) is 14.0 Å². The third-order valence-electron chi connectivity index (χ3n) is 6.48. The van der Waals surface area contributed by atoms with Crippen molar-refractivity contribution < 1.29 is 18.7 Å². The fraction of sp³-hybridized carbons (Fsp3) is 0.481. The van der Waals surface area contributed by atoms with Gasteiger partial charge in [0.2, 0.25) is 0 Å². The highest BCUT2D eigenvalue weighted by Crippen LogP contribution is 2.34. The van der Waals surface area contributed by atoms with Crippen LogP contribution in [0.1, 0.15) is 39.2 Å². The van der Waals surface area contributed by atoms with E-state index in [1.807, 2.05) is 51.1 Å². The SMILES string of the molecule is CC(C)(C)OC(=O)N1CCC(CNC(=O)N2CCN(Cc3ccccc3F)c3ccccc32)CC1. The van der Waals surface area contributed by atoms with Crippen LogP contribution in [-0.2, 0) is 11.3 Å². The Morgan fingerprint density at radius 1 is 0.971 bits per heavy atom. The number of para-hydroxylation sites is 2. The lowest BCUT2D eigenvalue weighted by atomic mass is 9.97. The number of hydrogen-bond donors (Lipinski definition) is 1. The maximum atomic E-state index is 14.2. The second-order valence-corrected chi connectivity index (χ2v) is 10.3. The van der Waals surface area contributed by atoms with Gasteiger partial charge in [0.25, 0.3) is 0 Å².